The summed E-state index contributed by atoms with van der Waals surface area (Å²) in [4.78, 5) is 125. The Labute approximate surface area is 656 Å². The van der Waals surface area contributed by atoms with Gasteiger partial charge in [0.25, 0.3) is 0 Å². The molecule has 5 heterocycles. The average Bonchev–Trinajstić information content (AvgIpc) is 1.48. The number of para-hydroxylation sites is 1. The van der Waals surface area contributed by atoms with Gasteiger partial charge in [-0.2, -0.15) is 0 Å². The number of carbonyl (C=O) groups is 9. The number of hydrogen-bond acceptors (Lipinski definition) is 23. The van der Waals surface area contributed by atoms with Gasteiger partial charge >= 0.3 is 5.97 Å². The zero-order valence-electron chi connectivity index (χ0n) is 65.7. The Hall–Kier alpha value is -8.62. The molecule has 0 radical (unpaired) electrons. The molecule has 1 aliphatic carbocycles. The highest BCUT2D eigenvalue weighted by molar-refractivity contribution is 6.04. The number of anilines is 1. The van der Waals surface area contributed by atoms with Gasteiger partial charge in [-0.15, -0.1) is 5.10 Å². The summed E-state index contributed by atoms with van der Waals surface area (Å²) in [5.74, 6) is -2.14. The topological polar surface area (TPSA) is 324 Å². The Balaban J connectivity index is 0.598. The number of carbonyl (C=O) groups excluding carboxylic acids is 9. The third-order valence-corrected chi connectivity index (χ3v) is 20.0. The fourth-order valence-corrected chi connectivity index (χ4v) is 13.8. The lowest BCUT2D eigenvalue weighted by atomic mass is 9.87. The van der Waals surface area contributed by atoms with E-state index in [4.69, 9.17) is 57.1 Å². The molecule has 3 atom stereocenters. The number of ketones is 1. The highest BCUT2D eigenvalue weighted by Gasteiger charge is 2.37. The van der Waals surface area contributed by atoms with Crippen molar-refractivity contribution >= 4 is 58.8 Å². The van der Waals surface area contributed by atoms with Crippen LogP contribution in [0.25, 0.3) is 33.6 Å². The normalized spacial score (nSPS) is 16.2. The van der Waals surface area contributed by atoms with Gasteiger partial charge in [-0.25, -0.2) is 4.68 Å². The maximum atomic E-state index is 14.0. The molecule has 5 aromatic rings. The number of nitrogens with zero attached hydrogens (tertiary/aromatic N) is 8. The molecule has 4 aliphatic rings. The van der Waals surface area contributed by atoms with Crippen molar-refractivity contribution in [3.63, 3.8) is 0 Å². The number of amides is 7. The summed E-state index contributed by atoms with van der Waals surface area (Å²) in [6, 6.07) is 23.7. The predicted molar refractivity (Wildman–Crippen MR) is 413 cm³/mol. The van der Waals surface area contributed by atoms with Gasteiger partial charge in [-0.05, 0) is 92.7 Å². The number of hydrogen-bond donors (Lipinski definition) is 1. The minimum atomic E-state index is -0.342. The molecule has 2 aromatic heterocycles. The first-order chi connectivity index (χ1) is 54.6. The minimum absolute atomic E-state index is 0.00680. The van der Waals surface area contributed by atoms with Crippen LogP contribution in [0.4, 0.5) is 5.69 Å². The van der Waals surface area contributed by atoms with E-state index in [1.54, 1.807) is 23.6 Å². The number of esters is 1. The second kappa shape index (κ2) is 47.8. The van der Waals surface area contributed by atoms with Gasteiger partial charge in [0, 0.05) is 131 Å². The maximum absolute atomic E-state index is 14.0. The number of Topliss-reactive ketones (excluding diaryl/α,β-unsaturated/α-hetero) is 1. The van der Waals surface area contributed by atoms with Crippen molar-refractivity contribution in [2.45, 2.75) is 150 Å². The van der Waals surface area contributed by atoms with E-state index in [0.717, 1.165) is 86.7 Å². The number of nitrogens with one attached hydrogen (secondary N) is 1. The summed E-state index contributed by atoms with van der Waals surface area (Å²) in [5, 5.41) is 11.7. The van der Waals surface area contributed by atoms with Crippen LogP contribution in [0.15, 0.2) is 79.0 Å². The summed E-state index contributed by atoms with van der Waals surface area (Å²) in [6.07, 6.45) is 8.01. The zero-order chi connectivity index (χ0) is 79.2. The third-order valence-electron chi connectivity index (χ3n) is 20.0. The van der Waals surface area contributed by atoms with E-state index in [2.05, 4.69) is 15.6 Å². The second-order valence-corrected chi connectivity index (χ2v) is 28.2. The summed E-state index contributed by atoms with van der Waals surface area (Å²) < 4.78 is 65.0. The molecule has 0 spiro atoms. The first-order valence-corrected chi connectivity index (χ1v) is 39.8. The van der Waals surface area contributed by atoms with Gasteiger partial charge in [0.2, 0.25) is 41.4 Å². The lowest BCUT2D eigenvalue weighted by Crippen LogP contribution is -2.37. The van der Waals surface area contributed by atoms with E-state index < -0.39 is 0 Å². The Morgan fingerprint density at radius 3 is 1.73 bits per heavy atom. The van der Waals surface area contributed by atoms with E-state index in [1.165, 1.54) is 16.0 Å². The number of benzene rings is 3. The van der Waals surface area contributed by atoms with Crippen LogP contribution in [0.1, 0.15) is 132 Å². The van der Waals surface area contributed by atoms with Crippen molar-refractivity contribution in [2.24, 2.45) is 11.8 Å². The summed E-state index contributed by atoms with van der Waals surface area (Å²) >= 11 is 0. The molecular weight excluding hydrogens is 1440 g/mol. The molecule has 1 N–H and O–H groups in total. The van der Waals surface area contributed by atoms with Crippen molar-refractivity contribution in [3.8, 4) is 33.6 Å². The Bertz CT molecular complexity index is 3850. The Morgan fingerprint density at radius 2 is 1.12 bits per heavy atom. The molecule has 112 heavy (non-hydrogen) atoms. The average molecular weight is 1560 g/mol. The van der Waals surface area contributed by atoms with Gasteiger partial charge in [0.15, 0.2) is 0 Å². The van der Waals surface area contributed by atoms with Gasteiger partial charge in [0.05, 0.1) is 150 Å². The molecule has 1 unspecified atom stereocenters. The lowest BCUT2D eigenvalue weighted by molar-refractivity contribution is -0.150. The molecule has 0 bridgehead atoms. The minimum Gasteiger partial charge on any atom is -0.462 e. The van der Waals surface area contributed by atoms with Gasteiger partial charge in [-0.1, -0.05) is 85.8 Å². The molecule has 29 heteroatoms. The molecule has 3 aromatic carbocycles. The van der Waals surface area contributed by atoms with Crippen molar-refractivity contribution < 1.29 is 95.3 Å². The number of ether oxygens (including phenoxy) is 11. The first kappa shape index (κ1) is 87.3. The van der Waals surface area contributed by atoms with Crippen molar-refractivity contribution in [1.29, 1.82) is 0 Å². The highest BCUT2D eigenvalue weighted by atomic mass is 16.6. The van der Waals surface area contributed by atoms with Crippen LogP contribution in [0, 0.1) is 18.8 Å². The molecule has 7 amide bonds. The summed E-state index contributed by atoms with van der Waals surface area (Å²) in [6.45, 7) is 16.0. The first-order valence-electron chi connectivity index (χ1n) is 39.8. The van der Waals surface area contributed by atoms with E-state index in [1.807, 2.05) is 97.5 Å². The van der Waals surface area contributed by atoms with E-state index in [-0.39, 0.29) is 169 Å². The molecule has 610 valence electrons. The number of rotatable bonds is 52. The zero-order valence-corrected chi connectivity index (χ0v) is 65.7. The van der Waals surface area contributed by atoms with Crippen LogP contribution in [0.3, 0.4) is 0 Å². The van der Waals surface area contributed by atoms with Gasteiger partial charge < -0.3 is 67.2 Å². The summed E-state index contributed by atoms with van der Waals surface area (Å²) in [7, 11) is 0. The molecule has 0 saturated carbocycles. The quantitative estimate of drug-likeness (QED) is 0.0220. The van der Waals surface area contributed by atoms with Crippen molar-refractivity contribution in [2.75, 3.05) is 163 Å². The molecule has 2 fully saturated rings. The predicted octanol–water partition coefficient (Wildman–Crippen LogP) is 7.82. The monoisotopic (exact) mass is 1560 g/mol. The smallest absolute Gasteiger partial charge is 0.306 e. The fraction of sp³-hybridized carbons (Fsp3) is 0.590. The van der Waals surface area contributed by atoms with E-state index >= 15 is 0 Å². The molecule has 2 saturated heterocycles. The standard InChI is InChI=1S/C83H113N9O20/c1-5-92-81-71-17-8-9-19-73(71)90(59-65-13-6-7-16-69(65)80(81)86-87-92)76(96)28-25-66(93)14-11-35-102-41-47-108-51-45-106-39-33-88(75(95)30-37-104-43-49-110-53-54-111-50-44-105-38-31-84-74(94)29-32-89-77(97)55-60(2)82(89)100)34-40-107-46-52-109-48-42-103-36-12-20-79(99)112-67-15-10-18-70-68(27-26-67)62(4)85-57-72(70)64-23-21-63(22-24-64)58-91-78(98)56-61(3)83(91)101/h6-9,13,16-17,19,21-24,57,60-61,67H,5,10-12,14-15,18,20,25-56,58-59H2,1-4H3,(H,84,94)/t60-,61?,67-/m0/s1. The van der Waals surface area contributed by atoms with Crippen LogP contribution in [0.2, 0.25) is 0 Å². The van der Waals surface area contributed by atoms with Crippen LogP contribution in [-0.4, -0.2) is 252 Å². The van der Waals surface area contributed by atoms with Crippen LogP contribution >= 0.6 is 0 Å². The number of imide groups is 2. The maximum Gasteiger partial charge on any atom is 0.306 e. The number of fused-ring (bicyclic) bond motifs is 6. The van der Waals surface area contributed by atoms with Gasteiger partial charge in [0.1, 0.15) is 17.6 Å². The van der Waals surface area contributed by atoms with Crippen LogP contribution in [-0.2, 0) is 128 Å². The highest BCUT2D eigenvalue weighted by Crippen LogP contribution is 2.42. The van der Waals surface area contributed by atoms with Crippen LogP contribution in [0.5, 0.6) is 0 Å². The largest absolute Gasteiger partial charge is 0.462 e. The molecule has 9 rings (SSSR count). The number of aryl methyl sites for hydroxylation is 2. The molecular formula is C83H113N9O20. The Morgan fingerprint density at radius 1 is 0.554 bits per heavy atom. The third kappa shape index (κ3) is 27.6. The fourth-order valence-electron chi connectivity index (χ4n) is 13.8. The summed E-state index contributed by atoms with van der Waals surface area (Å²) in [5.41, 5.74) is 11.6. The number of likely N-dealkylation sites (tertiary alicyclic amines) is 2. The van der Waals surface area contributed by atoms with Crippen molar-refractivity contribution in [3.05, 3.63) is 107 Å². The second-order valence-electron chi connectivity index (χ2n) is 28.2. The number of aromatic nitrogens is 4. The van der Waals surface area contributed by atoms with Crippen molar-refractivity contribution in [1.82, 2.24) is 40.0 Å². The van der Waals surface area contributed by atoms with Gasteiger partial charge in [-0.3, -0.25) is 57.9 Å². The van der Waals surface area contributed by atoms with Crippen LogP contribution < -0.4 is 10.2 Å². The number of pyridine rings is 1. The lowest BCUT2D eigenvalue weighted by Gasteiger charge is -2.28. The Kier molecular flexibility index (Phi) is 37.3. The molecule has 3 aliphatic heterocycles. The van der Waals surface area contributed by atoms with E-state index in [9.17, 15) is 43.2 Å². The van der Waals surface area contributed by atoms with E-state index in [0.29, 0.717) is 151 Å². The SMILES string of the molecule is CCn1nnc2c1-c1ccccc1N(C(=O)CCC(=O)CCCOCCOCCOCCN(CCOCCOCCOCCCC(=O)O[C@H]1CCCc3c(-c4ccc(CN5C(=O)CC(C)C5=O)cc4)cnc(C)c3CC1)C(=O)CCOCCOCCOCCOCCNC(=O)CCN1C(=O)C[C@H](C)C1=O)Cc1ccccc1-2. The molecule has 29 nitrogen and oxygen atoms in total.